The van der Waals surface area contributed by atoms with Crippen LogP contribution in [0.3, 0.4) is 0 Å². The minimum Gasteiger partial charge on any atom is -0.506 e. The number of nitro benzene ring substituents is 1. The van der Waals surface area contributed by atoms with Gasteiger partial charge >= 0.3 is 0 Å². The molecule has 1 unspecified atom stereocenters. The number of phenols is 1. The summed E-state index contributed by atoms with van der Waals surface area (Å²) in [6, 6.07) is 10.2. The van der Waals surface area contributed by atoms with E-state index in [1.54, 1.807) is 12.1 Å². The van der Waals surface area contributed by atoms with Gasteiger partial charge in [0.25, 0.3) is 10.9 Å². The molecule has 3 rings (SSSR count). The third-order valence-electron chi connectivity index (χ3n) is 4.36. The minimum absolute atomic E-state index is 0.141. The average Bonchev–Trinajstić information content (AvgIpc) is 2.96. The Kier molecular flexibility index (Phi) is 5.83. The molecular formula is C19H17N3O6S. The van der Waals surface area contributed by atoms with Crippen LogP contribution in [0, 0.1) is 10.1 Å². The molecular weight excluding hydrogens is 398 g/mol. The Morgan fingerprint density at radius 3 is 2.55 bits per heavy atom. The van der Waals surface area contributed by atoms with Crippen LogP contribution in [0.5, 0.6) is 5.75 Å². The van der Waals surface area contributed by atoms with Gasteiger partial charge in [-0.3, -0.25) is 24.5 Å². The monoisotopic (exact) mass is 415 g/mol. The molecule has 1 aliphatic heterocycles. The number of hydrogen-bond donors (Lipinski definition) is 2. The highest BCUT2D eigenvalue weighted by atomic mass is 32.2. The third kappa shape index (κ3) is 4.37. The minimum atomic E-state index is -0.922. The molecule has 1 atom stereocenters. The maximum absolute atomic E-state index is 12.6. The van der Waals surface area contributed by atoms with E-state index in [4.69, 9.17) is 0 Å². The fourth-order valence-corrected chi connectivity index (χ4v) is 3.79. The molecule has 0 spiro atoms. The van der Waals surface area contributed by atoms with E-state index in [1.807, 2.05) is 19.1 Å². The molecule has 1 heterocycles. The normalized spacial score (nSPS) is 16.2. The number of hydrogen-bond acceptors (Lipinski definition) is 7. The topological polar surface area (TPSA) is 130 Å². The van der Waals surface area contributed by atoms with Crippen LogP contribution in [-0.2, 0) is 16.0 Å². The first-order valence-electron chi connectivity index (χ1n) is 8.71. The Labute approximate surface area is 169 Å². The van der Waals surface area contributed by atoms with Crippen molar-refractivity contribution in [1.29, 1.82) is 0 Å². The van der Waals surface area contributed by atoms with Gasteiger partial charge in [-0.1, -0.05) is 19.1 Å². The zero-order chi connectivity index (χ0) is 21.1. The van der Waals surface area contributed by atoms with Crippen molar-refractivity contribution < 1.29 is 24.4 Å². The highest BCUT2D eigenvalue weighted by Gasteiger charge is 2.41. The van der Waals surface area contributed by atoms with E-state index in [0.29, 0.717) is 5.69 Å². The van der Waals surface area contributed by atoms with Crippen LogP contribution in [0.1, 0.15) is 18.9 Å². The quantitative estimate of drug-likeness (QED) is 0.420. The number of imide groups is 1. The number of carbonyl (C=O) groups excluding carboxylic acids is 3. The summed E-state index contributed by atoms with van der Waals surface area (Å²) in [6.45, 7) is 1.99. The largest absolute Gasteiger partial charge is 0.506 e. The summed E-state index contributed by atoms with van der Waals surface area (Å²) in [4.78, 5) is 48.4. The summed E-state index contributed by atoms with van der Waals surface area (Å²) in [5.74, 6) is -1.51. The zero-order valence-electron chi connectivity index (χ0n) is 15.3. The number of phenolic OH excluding ortho intramolecular Hbond substituents is 1. The predicted molar refractivity (Wildman–Crippen MR) is 108 cm³/mol. The molecule has 0 bridgehead atoms. The summed E-state index contributed by atoms with van der Waals surface area (Å²) >= 11 is 0.744. The molecule has 29 heavy (non-hydrogen) atoms. The predicted octanol–water partition coefficient (Wildman–Crippen LogP) is 3.46. The molecule has 2 N–H and O–H groups in total. The number of non-ortho nitro benzene ring substituents is 1. The lowest BCUT2D eigenvalue weighted by atomic mass is 10.1. The number of aryl methyl sites for hydroxylation is 1. The molecule has 0 aromatic heterocycles. The van der Waals surface area contributed by atoms with Crippen molar-refractivity contribution in [3.8, 4) is 5.75 Å². The first kappa shape index (κ1) is 20.3. The lowest BCUT2D eigenvalue weighted by molar-refractivity contribution is -0.384. The third-order valence-corrected chi connectivity index (χ3v) is 5.40. The van der Waals surface area contributed by atoms with Crippen LogP contribution < -0.4 is 10.2 Å². The van der Waals surface area contributed by atoms with Crippen LogP contribution in [0.4, 0.5) is 21.9 Å². The molecule has 0 aliphatic carbocycles. The van der Waals surface area contributed by atoms with E-state index in [1.165, 1.54) is 0 Å². The van der Waals surface area contributed by atoms with Crippen molar-refractivity contribution in [3.63, 3.8) is 0 Å². The summed E-state index contributed by atoms with van der Waals surface area (Å²) in [5.41, 5.74) is 1.05. The Morgan fingerprint density at radius 2 is 1.93 bits per heavy atom. The number of amides is 3. The van der Waals surface area contributed by atoms with Gasteiger partial charge in [-0.2, -0.15) is 0 Å². The van der Waals surface area contributed by atoms with Gasteiger partial charge in [-0.15, -0.1) is 0 Å². The summed E-state index contributed by atoms with van der Waals surface area (Å²) in [6.07, 6.45) is 0.505. The van der Waals surface area contributed by atoms with Crippen LogP contribution >= 0.6 is 11.8 Å². The van der Waals surface area contributed by atoms with E-state index in [2.05, 4.69) is 5.32 Å². The number of rotatable bonds is 6. The molecule has 10 heteroatoms. The maximum atomic E-state index is 12.6. The van der Waals surface area contributed by atoms with E-state index in [0.717, 1.165) is 46.8 Å². The van der Waals surface area contributed by atoms with Gasteiger partial charge < -0.3 is 10.4 Å². The SMILES string of the molecule is CCc1ccc(N2C(=O)SC(CC(=O)Nc3cc([N+](=O)[O-])ccc3O)C2=O)cc1. The molecule has 2 aromatic carbocycles. The number of benzene rings is 2. The Bertz CT molecular complexity index is 992. The number of nitro groups is 1. The van der Waals surface area contributed by atoms with Gasteiger partial charge in [0.05, 0.1) is 16.3 Å². The molecule has 1 aliphatic rings. The van der Waals surface area contributed by atoms with Crippen LogP contribution in [0.25, 0.3) is 0 Å². The van der Waals surface area contributed by atoms with E-state index in [-0.39, 0.29) is 23.5 Å². The van der Waals surface area contributed by atoms with Gasteiger partial charge in [0.1, 0.15) is 11.0 Å². The fraction of sp³-hybridized carbons (Fsp3) is 0.211. The lowest BCUT2D eigenvalue weighted by Gasteiger charge is -2.14. The fourth-order valence-electron chi connectivity index (χ4n) is 2.81. The second-order valence-corrected chi connectivity index (χ2v) is 7.43. The standard InChI is InChI=1S/C19H17N3O6S/c1-2-11-3-5-12(6-4-11)21-18(25)16(29-19(21)26)10-17(24)20-14-9-13(22(27)28)7-8-15(14)23/h3-9,16,23H,2,10H2,1H3,(H,20,24). The van der Waals surface area contributed by atoms with Gasteiger partial charge in [-0.25, -0.2) is 4.90 Å². The van der Waals surface area contributed by atoms with Crippen LogP contribution in [0.15, 0.2) is 42.5 Å². The highest BCUT2D eigenvalue weighted by Crippen LogP contribution is 2.34. The van der Waals surface area contributed by atoms with Gasteiger partial charge in [-0.05, 0) is 41.9 Å². The smallest absolute Gasteiger partial charge is 0.293 e. The molecule has 1 saturated heterocycles. The van der Waals surface area contributed by atoms with E-state index >= 15 is 0 Å². The van der Waals surface area contributed by atoms with Gasteiger partial charge in [0.2, 0.25) is 11.8 Å². The number of nitrogens with one attached hydrogen (secondary N) is 1. The summed E-state index contributed by atoms with van der Waals surface area (Å²) < 4.78 is 0. The van der Waals surface area contributed by atoms with Crippen LogP contribution in [-0.4, -0.2) is 32.3 Å². The van der Waals surface area contributed by atoms with Crippen LogP contribution in [0.2, 0.25) is 0 Å². The second-order valence-electron chi connectivity index (χ2n) is 6.28. The van der Waals surface area contributed by atoms with Crippen molar-refractivity contribution in [1.82, 2.24) is 0 Å². The second kappa shape index (κ2) is 8.31. The zero-order valence-corrected chi connectivity index (χ0v) is 16.1. The Morgan fingerprint density at radius 1 is 1.24 bits per heavy atom. The molecule has 3 amide bonds. The number of carbonyl (C=O) groups is 3. The average molecular weight is 415 g/mol. The van der Waals surface area contributed by atoms with Crippen molar-refractivity contribution in [2.75, 3.05) is 10.2 Å². The number of aromatic hydroxyl groups is 1. The first-order chi connectivity index (χ1) is 13.8. The van der Waals surface area contributed by atoms with Gasteiger partial charge in [0, 0.05) is 18.6 Å². The lowest BCUT2D eigenvalue weighted by Crippen LogP contribution is -2.32. The highest BCUT2D eigenvalue weighted by molar-refractivity contribution is 8.15. The van der Waals surface area contributed by atoms with E-state index in [9.17, 15) is 29.6 Å². The molecule has 0 saturated carbocycles. The Balaban J connectivity index is 1.70. The Hall–Kier alpha value is -3.40. The number of anilines is 2. The molecule has 0 radical (unpaired) electrons. The summed E-state index contributed by atoms with van der Waals surface area (Å²) in [5, 5.41) is 21.6. The summed E-state index contributed by atoms with van der Waals surface area (Å²) in [7, 11) is 0. The first-order valence-corrected chi connectivity index (χ1v) is 9.59. The van der Waals surface area contributed by atoms with E-state index < -0.39 is 27.2 Å². The van der Waals surface area contributed by atoms with Crippen molar-refractivity contribution in [2.45, 2.75) is 25.0 Å². The molecule has 1 fully saturated rings. The maximum Gasteiger partial charge on any atom is 0.293 e. The number of thioether (sulfide) groups is 1. The van der Waals surface area contributed by atoms with Crippen molar-refractivity contribution in [3.05, 3.63) is 58.1 Å². The molecule has 2 aromatic rings. The molecule has 9 nitrogen and oxygen atoms in total. The van der Waals surface area contributed by atoms with Crippen molar-refractivity contribution >= 4 is 45.9 Å². The van der Waals surface area contributed by atoms with Gasteiger partial charge in [0.15, 0.2) is 0 Å². The van der Waals surface area contributed by atoms with Crippen molar-refractivity contribution in [2.24, 2.45) is 0 Å². The number of nitrogens with zero attached hydrogens (tertiary/aromatic N) is 2. The molecule has 150 valence electrons.